The molecule has 0 heterocycles. The molecule has 89 heavy (non-hydrogen) atoms. The van der Waals surface area contributed by atoms with E-state index in [1.54, 1.807) is 0 Å². The quantitative estimate of drug-likeness (QED) is 0.0222. The van der Waals surface area contributed by atoms with E-state index in [1.807, 2.05) is 0 Å². The molecular weight excluding hydrogens is 1170 g/mol. The smallest absolute Gasteiger partial charge is 0.462 e. The molecule has 0 saturated carbocycles. The van der Waals surface area contributed by atoms with Gasteiger partial charge < -0.3 is 33.8 Å². The first kappa shape index (κ1) is 87.1. The molecule has 0 aliphatic carbocycles. The molecule has 0 aromatic rings. The van der Waals surface area contributed by atoms with Crippen molar-refractivity contribution in [1.29, 1.82) is 0 Å². The highest BCUT2D eigenvalue weighted by Crippen LogP contribution is 2.45. The average Bonchev–Trinajstić information content (AvgIpc) is 3.69. The van der Waals surface area contributed by atoms with Crippen molar-refractivity contribution in [1.82, 2.24) is 0 Å². The first-order valence-electron chi connectivity index (χ1n) is 36.3. The molecule has 0 aromatic carbocycles. The van der Waals surface area contributed by atoms with Gasteiger partial charge in [-0.25, -0.2) is 9.13 Å². The van der Waals surface area contributed by atoms with Crippen LogP contribution in [0.4, 0.5) is 0 Å². The number of aliphatic hydroxyl groups is 1. The summed E-state index contributed by atoms with van der Waals surface area (Å²) in [4.78, 5) is 72.5. The first-order valence-corrected chi connectivity index (χ1v) is 39.3. The van der Waals surface area contributed by atoms with Crippen LogP contribution >= 0.6 is 15.6 Å². The summed E-state index contributed by atoms with van der Waals surface area (Å²) in [6.45, 7) is 11.8. The Balaban J connectivity index is 5.23. The number of ether oxygens (including phenoxy) is 4. The fourth-order valence-corrected chi connectivity index (χ4v) is 12.1. The van der Waals surface area contributed by atoms with Crippen LogP contribution in [-0.4, -0.2) is 96.7 Å². The highest BCUT2D eigenvalue weighted by atomic mass is 31.2. The minimum absolute atomic E-state index is 0.104. The number of phosphoric acid groups is 2. The molecule has 0 rings (SSSR count). The summed E-state index contributed by atoms with van der Waals surface area (Å²) < 4.78 is 68.2. The van der Waals surface area contributed by atoms with Crippen LogP contribution in [0.1, 0.15) is 350 Å². The lowest BCUT2D eigenvalue weighted by atomic mass is 10.0. The fraction of sp³-hybridized carbons (Fsp3) is 0.943. The van der Waals surface area contributed by atoms with Gasteiger partial charge in [-0.1, -0.05) is 299 Å². The van der Waals surface area contributed by atoms with E-state index in [-0.39, 0.29) is 25.7 Å². The van der Waals surface area contributed by atoms with E-state index in [1.165, 1.54) is 154 Å². The van der Waals surface area contributed by atoms with Crippen molar-refractivity contribution in [3.8, 4) is 0 Å². The molecule has 17 nitrogen and oxygen atoms in total. The van der Waals surface area contributed by atoms with E-state index in [2.05, 4.69) is 48.5 Å². The summed E-state index contributed by atoms with van der Waals surface area (Å²) in [6, 6.07) is 0. The lowest BCUT2D eigenvalue weighted by Crippen LogP contribution is -2.30. The molecule has 5 atom stereocenters. The van der Waals surface area contributed by atoms with Gasteiger partial charge in [0.25, 0.3) is 0 Å². The van der Waals surface area contributed by atoms with Crippen LogP contribution in [0, 0.1) is 17.8 Å². The van der Waals surface area contributed by atoms with Crippen LogP contribution < -0.4 is 0 Å². The fourth-order valence-electron chi connectivity index (χ4n) is 10.5. The van der Waals surface area contributed by atoms with E-state index in [9.17, 15) is 43.2 Å². The number of carbonyl (C=O) groups is 4. The van der Waals surface area contributed by atoms with Gasteiger partial charge in [0.2, 0.25) is 0 Å². The Kier molecular flexibility index (Phi) is 59.6. The third-order valence-corrected chi connectivity index (χ3v) is 18.0. The van der Waals surface area contributed by atoms with Gasteiger partial charge in [0.05, 0.1) is 26.4 Å². The molecule has 0 aromatic heterocycles. The summed E-state index contributed by atoms with van der Waals surface area (Å²) in [5, 5.41) is 10.6. The van der Waals surface area contributed by atoms with Crippen molar-refractivity contribution in [2.24, 2.45) is 17.8 Å². The Labute approximate surface area is 543 Å². The maximum Gasteiger partial charge on any atom is 0.472 e. The normalized spacial score (nSPS) is 14.2. The number of phosphoric ester groups is 2. The molecule has 0 aliphatic rings. The maximum atomic E-state index is 13.0. The molecule has 0 radical (unpaired) electrons. The van der Waals surface area contributed by atoms with E-state index < -0.39 is 97.5 Å². The van der Waals surface area contributed by atoms with Crippen molar-refractivity contribution >= 4 is 39.5 Å². The molecule has 528 valence electrons. The average molecular weight is 1310 g/mol. The minimum atomic E-state index is -4.95. The third-order valence-electron chi connectivity index (χ3n) is 16.1. The lowest BCUT2D eigenvalue weighted by molar-refractivity contribution is -0.161. The summed E-state index contributed by atoms with van der Waals surface area (Å²) in [7, 11) is -9.90. The molecule has 0 saturated heterocycles. The van der Waals surface area contributed by atoms with Gasteiger partial charge in [0.1, 0.15) is 19.3 Å². The van der Waals surface area contributed by atoms with Crippen molar-refractivity contribution < 1.29 is 80.2 Å². The van der Waals surface area contributed by atoms with E-state index in [0.717, 1.165) is 114 Å². The van der Waals surface area contributed by atoms with Gasteiger partial charge in [-0.3, -0.25) is 37.3 Å². The number of rotatable bonds is 68. The molecule has 0 aliphatic heterocycles. The number of carbonyl (C=O) groups excluding carboxylic acids is 4. The molecule has 3 N–H and O–H groups in total. The summed E-state index contributed by atoms with van der Waals surface area (Å²) >= 11 is 0. The van der Waals surface area contributed by atoms with E-state index in [4.69, 9.17) is 37.0 Å². The van der Waals surface area contributed by atoms with Gasteiger partial charge >= 0.3 is 39.5 Å². The second-order valence-electron chi connectivity index (χ2n) is 26.7. The van der Waals surface area contributed by atoms with Gasteiger partial charge in [-0.15, -0.1) is 0 Å². The lowest BCUT2D eigenvalue weighted by Gasteiger charge is -2.21. The summed E-state index contributed by atoms with van der Waals surface area (Å²) in [5.74, 6) is 0.147. The monoisotopic (exact) mass is 1310 g/mol. The number of hydrogen-bond acceptors (Lipinski definition) is 15. The van der Waals surface area contributed by atoms with Crippen molar-refractivity contribution in [3.63, 3.8) is 0 Å². The molecule has 0 fully saturated rings. The van der Waals surface area contributed by atoms with Crippen LogP contribution in [0.25, 0.3) is 0 Å². The largest absolute Gasteiger partial charge is 0.472 e. The van der Waals surface area contributed by atoms with Crippen LogP contribution in [0.3, 0.4) is 0 Å². The Morgan fingerprint density at radius 2 is 0.517 bits per heavy atom. The number of unbranched alkanes of at least 4 members (excludes halogenated alkanes) is 36. The Morgan fingerprint density at radius 1 is 0.303 bits per heavy atom. The second kappa shape index (κ2) is 61.0. The number of hydrogen-bond donors (Lipinski definition) is 3. The van der Waals surface area contributed by atoms with Crippen molar-refractivity contribution in [2.45, 2.75) is 369 Å². The van der Waals surface area contributed by atoms with Crippen LogP contribution in [0.5, 0.6) is 0 Å². The van der Waals surface area contributed by atoms with Gasteiger partial charge in [-0.2, -0.15) is 0 Å². The Bertz CT molecular complexity index is 1750. The first-order chi connectivity index (χ1) is 42.7. The third kappa shape index (κ3) is 64.6. The van der Waals surface area contributed by atoms with Crippen molar-refractivity contribution in [2.75, 3.05) is 39.6 Å². The second-order valence-corrected chi connectivity index (χ2v) is 29.6. The van der Waals surface area contributed by atoms with Crippen molar-refractivity contribution in [3.05, 3.63) is 0 Å². The molecular formula is C70H136O17P2. The highest BCUT2D eigenvalue weighted by molar-refractivity contribution is 7.47. The van der Waals surface area contributed by atoms with Gasteiger partial charge in [0.15, 0.2) is 12.2 Å². The zero-order valence-corrected chi connectivity index (χ0v) is 59.7. The summed E-state index contributed by atoms with van der Waals surface area (Å²) in [6.07, 6.45) is 44.5. The van der Waals surface area contributed by atoms with Crippen LogP contribution in [-0.2, 0) is 65.4 Å². The standard InChI is InChI=1S/C70H136O17P2/c1-8-9-10-11-12-30-37-44-51-67(72)80-57-65(87-70(75)54-47-40-33-26-25-29-36-43-50-63(6)7)59-84-88(76,77)82-55-64(71)56-83-89(78,79)85-60-66(58-81-68(73)52-45-38-31-23-20-16-18-22-28-35-42-49-62(4)5)86-69(74)53-46-39-32-24-19-15-13-14-17-21-27-34-41-48-61(2)3/h61-66,71H,8-60H2,1-7H3,(H,76,77)(H,78,79)/t64-,65+,66+/m0/s1. The Hall–Kier alpha value is -1.94. The Morgan fingerprint density at radius 3 is 0.764 bits per heavy atom. The van der Waals surface area contributed by atoms with Gasteiger partial charge in [-0.05, 0) is 43.4 Å². The minimum Gasteiger partial charge on any atom is -0.462 e. The molecule has 0 spiro atoms. The molecule has 0 bridgehead atoms. The molecule has 19 heteroatoms. The number of esters is 4. The molecule has 2 unspecified atom stereocenters. The van der Waals surface area contributed by atoms with E-state index in [0.29, 0.717) is 25.7 Å². The predicted molar refractivity (Wildman–Crippen MR) is 358 cm³/mol. The van der Waals surface area contributed by atoms with Gasteiger partial charge in [0, 0.05) is 25.7 Å². The maximum absolute atomic E-state index is 13.0. The predicted octanol–water partition coefficient (Wildman–Crippen LogP) is 19.8. The van der Waals surface area contributed by atoms with Crippen LogP contribution in [0.15, 0.2) is 0 Å². The number of aliphatic hydroxyl groups excluding tert-OH is 1. The van der Waals surface area contributed by atoms with E-state index >= 15 is 0 Å². The zero-order chi connectivity index (χ0) is 65.9. The zero-order valence-electron chi connectivity index (χ0n) is 57.9. The SMILES string of the molecule is CCCCCCCCCCC(=O)OC[C@H](COP(=O)(O)OC[C@H](O)COP(=O)(O)OC[C@@H](COC(=O)CCCCCCCCCCCCCC(C)C)OC(=O)CCCCCCCCCCCCCCCC(C)C)OC(=O)CCCCCCCCCCC(C)C. The van der Waals surface area contributed by atoms with Crippen LogP contribution in [0.2, 0.25) is 0 Å². The molecule has 0 amide bonds. The topological polar surface area (TPSA) is 237 Å². The summed E-state index contributed by atoms with van der Waals surface area (Å²) in [5.41, 5.74) is 0. The highest BCUT2D eigenvalue weighted by Gasteiger charge is 2.30.